The van der Waals surface area contributed by atoms with Gasteiger partial charge in [0.15, 0.2) is 0 Å². The largest absolute Gasteiger partial charge is 0.466 e. The van der Waals surface area contributed by atoms with E-state index in [-0.39, 0.29) is 19.0 Å². The van der Waals surface area contributed by atoms with Crippen molar-refractivity contribution >= 4 is 17.3 Å². The molecule has 1 aromatic heterocycles. The zero-order valence-electron chi connectivity index (χ0n) is 10.0. The van der Waals surface area contributed by atoms with Crippen LogP contribution in [0.15, 0.2) is 5.38 Å². The van der Waals surface area contributed by atoms with Gasteiger partial charge in [0.1, 0.15) is 6.61 Å². The predicted octanol–water partition coefficient (Wildman–Crippen LogP) is 2.07. The minimum Gasteiger partial charge on any atom is -0.466 e. The number of aromatic nitrogens is 1. The topological polar surface area (TPSA) is 48.4 Å². The SMILES string of the molecule is CCOC(=O)Cc1csc(CCOCC(F)F)n1. The van der Waals surface area contributed by atoms with Crippen molar-refractivity contribution in [3.05, 3.63) is 16.1 Å². The Labute approximate surface area is 108 Å². The van der Waals surface area contributed by atoms with Crippen LogP contribution in [0.3, 0.4) is 0 Å². The van der Waals surface area contributed by atoms with Gasteiger partial charge in [0.25, 0.3) is 6.43 Å². The highest BCUT2D eigenvalue weighted by Gasteiger charge is 2.08. The second kappa shape index (κ2) is 8.10. The number of nitrogens with zero attached hydrogens (tertiary/aromatic N) is 1. The average Bonchev–Trinajstić information content (AvgIpc) is 2.72. The number of carbonyl (C=O) groups excluding carboxylic acids is 1. The maximum absolute atomic E-state index is 11.8. The second-order valence-corrected chi connectivity index (χ2v) is 4.37. The monoisotopic (exact) mass is 279 g/mol. The molecular formula is C11H15F2NO3S. The zero-order chi connectivity index (χ0) is 13.4. The molecule has 0 saturated carbocycles. The van der Waals surface area contributed by atoms with Crippen molar-refractivity contribution in [1.82, 2.24) is 4.98 Å². The van der Waals surface area contributed by atoms with E-state index in [0.717, 1.165) is 5.01 Å². The molecule has 0 N–H and O–H groups in total. The van der Waals surface area contributed by atoms with Gasteiger partial charge in [-0.3, -0.25) is 4.79 Å². The first-order valence-electron chi connectivity index (χ1n) is 5.56. The molecule has 0 fully saturated rings. The van der Waals surface area contributed by atoms with E-state index in [0.29, 0.717) is 18.7 Å². The Morgan fingerprint density at radius 1 is 1.56 bits per heavy atom. The van der Waals surface area contributed by atoms with Gasteiger partial charge in [-0.25, -0.2) is 13.8 Å². The Hall–Kier alpha value is -1.08. The molecule has 1 aromatic rings. The maximum atomic E-state index is 11.8. The molecule has 0 aliphatic heterocycles. The lowest BCUT2D eigenvalue weighted by atomic mass is 10.3. The normalized spacial score (nSPS) is 10.9. The number of rotatable bonds is 8. The van der Waals surface area contributed by atoms with Gasteiger partial charge >= 0.3 is 5.97 Å². The van der Waals surface area contributed by atoms with Crippen molar-refractivity contribution in [3.8, 4) is 0 Å². The van der Waals surface area contributed by atoms with Crippen molar-refractivity contribution < 1.29 is 23.0 Å². The van der Waals surface area contributed by atoms with Gasteiger partial charge in [0.05, 0.1) is 30.3 Å². The quantitative estimate of drug-likeness (QED) is 0.540. The van der Waals surface area contributed by atoms with Gasteiger partial charge in [-0.05, 0) is 6.92 Å². The summed E-state index contributed by atoms with van der Waals surface area (Å²) in [5.74, 6) is -0.316. The van der Waals surface area contributed by atoms with Crippen LogP contribution in [0.1, 0.15) is 17.6 Å². The summed E-state index contributed by atoms with van der Waals surface area (Å²) in [5.41, 5.74) is 0.641. The van der Waals surface area contributed by atoms with E-state index in [1.54, 1.807) is 12.3 Å². The number of carbonyl (C=O) groups is 1. The van der Waals surface area contributed by atoms with E-state index in [9.17, 15) is 13.6 Å². The fourth-order valence-corrected chi connectivity index (χ4v) is 2.02. The van der Waals surface area contributed by atoms with Crippen LogP contribution in [0.4, 0.5) is 8.78 Å². The van der Waals surface area contributed by atoms with Gasteiger partial charge in [-0.2, -0.15) is 0 Å². The van der Waals surface area contributed by atoms with Crippen molar-refractivity contribution in [1.29, 1.82) is 0 Å². The van der Waals surface area contributed by atoms with Crippen molar-refractivity contribution in [2.45, 2.75) is 26.2 Å². The zero-order valence-corrected chi connectivity index (χ0v) is 10.8. The summed E-state index contributed by atoms with van der Waals surface area (Å²) in [6, 6.07) is 0. The Morgan fingerprint density at radius 3 is 3.00 bits per heavy atom. The van der Waals surface area contributed by atoms with Crippen LogP contribution >= 0.6 is 11.3 Å². The fraction of sp³-hybridized carbons (Fsp3) is 0.636. The molecule has 102 valence electrons. The number of ether oxygens (including phenoxy) is 2. The highest BCUT2D eigenvalue weighted by Crippen LogP contribution is 2.11. The lowest BCUT2D eigenvalue weighted by molar-refractivity contribution is -0.142. The molecule has 0 spiro atoms. The highest BCUT2D eigenvalue weighted by molar-refractivity contribution is 7.09. The Morgan fingerprint density at radius 2 is 2.33 bits per heavy atom. The first kappa shape index (κ1) is 15.0. The summed E-state index contributed by atoms with van der Waals surface area (Å²) >= 11 is 1.38. The molecule has 0 bridgehead atoms. The maximum Gasteiger partial charge on any atom is 0.311 e. The number of hydrogen-bond acceptors (Lipinski definition) is 5. The van der Waals surface area contributed by atoms with E-state index in [4.69, 9.17) is 9.47 Å². The fourth-order valence-electron chi connectivity index (χ4n) is 1.24. The van der Waals surface area contributed by atoms with Crippen LogP contribution in [0.25, 0.3) is 0 Å². The molecule has 0 aliphatic carbocycles. The molecule has 18 heavy (non-hydrogen) atoms. The van der Waals surface area contributed by atoms with Crippen LogP contribution in [-0.4, -0.2) is 37.2 Å². The van der Waals surface area contributed by atoms with Gasteiger partial charge in [0.2, 0.25) is 0 Å². The number of hydrogen-bond donors (Lipinski definition) is 0. The molecule has 1 rings (SSSR count). The minimum absolute atomic E-state index is 0.141. The standard InChI is InChI=1S/C11H15F2NO3S/c1-2-17-11(15)5-8-7-18-10(14-8)3-4-16-6-9(12)13/h7,9H,2-6H2,1H3. The third-order valence-corrected chi connectivity index (χ3v) is 2.89. The summed E-state index contributed by atoms with van der Waals surface area (Å²) in [7, 11) is 0. The van der Waals surface area contributed by atoms with Gasteiger partial charge in [0, 0.05) is 11.8 Å². The molecule has 4 nitrogen and oxygen atoms in total. The summed E-state index contributed by atoms with van der Waals surface area (Å²) < 4.78 is 33.1. The molecule has 0 aliphatic rings. The molecule has 0 saturated heterocycles. The van der Waals surface area contributed by atoms with Gasteiger partial charge in [-0.1, -0.05) is 0 Å². The molecule has 0 unspecified atom stereocenters. The Balaban J connectivity index is 2.27. The summed E-state index contributed by atoms with van der Waals surface area (Å²) in [4.78, 5) is 15.4. The molecule has 0 aromatic carbocycles. The summed E-state index contributed by atoms with van der Waals surface area (Å²) in [6.45, 7) is 1.74. The van der Waals surface area contributed by atoms with E-state index >= 15 is 0 Å². The van der Waals surface area contributed by atoms with Gasteiger partial charge in [-0.15, -0.1) is 11.3 Å². The lowest BCUT2D eigenvalue weighted by Crippen LogP contribution is -2.08. The lowest BCUT2D eigenvalue weighted by Gasteiger charge is -2.01. The van der Waals surface area contributed by atoms with Gasteiger partial charge < -0.3 is 9.47 Å². The van der Waals surface area contributed by atoms with Crippen LogP contribution in [0, 0.1) is 0 Å². The molecular weight excluding hydrogens is 264 g/mol. The third kappa shape index (κ3) is 6.02. The van der Waals surface area contributed by atoms with Crippen molar-refractivity contribution in [2.75, 3.05) is 19.8 Å². The Bertz CT molecular complexity index is 371. The molecule has 1 heterocycles. The van der Waals surface area contributed by atoms with E-state index < -0.39 is 13.0 Å². The second-order valence-electron chi connectivity index (χ2n) is 3.43. The van der Waals surface area contributed by atoms with Crippen molar-refractivity contribution in [2.24, 2.45) is 0 Å². The third-order valence-electron chi connectivity index (χ3n) is 1.93. The number of thiazole rings is 1. The van der Waals surface area contributed by atoms with Crippen LogP contribution in [-0.2, 0) is 27.1 Å². The smallest absolute Gasteiger partial charge is 0.311 e. The molecule has 0 amide bonds. The molecule has 7 heteroatoms. The minimum atomic E-state index is -2.44. The van der Waals surface area contributed by atoms with E-state index in [2.05, 4.69) is 4.98 Å². The van der Waals surface area contributed by atoms with Crippen LogP contribution in [0.5, 0.6) is 0 Å². The van der Waals surface area contributed by atoms with Crippen LogP contribution in [0.2, 0.25) is 0 Å². The van der Waals surface area contributed by atoms with Crippen LogP contribution < -0.4 is 0 Å². The average molecular weight is 279 g/mol. The molecule has 0 atom stereocenters. The first-order valence-corrected chi connectivity index (χ1v) is 6.44. The van der Waals surface area contributed by atoms with E-state index in [1.807, 2.05) is 0 Å². The number of halogens is 2. The number of alkyl halides is 2. The Kier molecular flexibility index (Phi) is 6.74. The molecule has 0 radical (unpaired) electrons. The van der Waals surface area contributed by atoms with Crippen molar-refractivity contribution in [3.63, 3.8) is 0 Å². The van der Waals surface area contributed by atoms with E-state index in [1.165, 1.54) is 11.3 Å². The summed E-state index contributed by atoms with van der Waals surface area (Å²) in [5, 5.41) is 2.53. The summed E-state index contributed by atoms with van der Waals surface area (Å²) in [6.07, 6.45) is -1.83. The highest BCUT2D eigenvalue weighted by atomic mass is 32.1. The predicted molar refractivity (Wildman–Crippen MR) is 63.0 cm³/mol. The number of esters is 1. The first-order chi connectivity index (χ1) is 8.61.